The van der Waals surface area contributed by atoms with Crippen LogP contribution in [0.1, 0.15) is 21.6 Å². The number of nitrogens with zero attached hydrogens (tertiary/aromatic N) is 3. The van der Waals surface area contributed by atoms with Crippen molar-refractivity contribution >= 4 is 29.5 Å². The summed E-state index contributed by atoms with van der Waals surface area (Å²) in [5, 5.41) is 17.9. The van der Waals surface area contributed by atoms with Gasteiger partial charge in [-0.2, -0.15) is 10.2 Å². The second-order valence-electron chi connectivity index (χ2n) is 5.29. The molecule has 0 radical (unpaired) electrons. The number of aryl methyl sites for hydroxylation is 1. The molecule has 0 fully saturated rings. The van der Waals surface area contributed by atoms with Gasteiger partial charge in [0.25, 0.3) is 0 Å². The molecule has 2 aromatic carbocycles. The van der Waals surface area contributed by atoms with Crippen LogP contribution in [-0.4, -0.2) is 27.1 Å². The van der Waals surface area contributed by atoms with Crippen LogP contribution in [0.15, 0.2) is 59.7 Å². The van der Waals surface area contributed by atoms with Crippen LogP contribution in [-0.2, 0) is 0 Å². The van der Waals surface area contributed by atoms with Gasteiger partial charge in [-0.1, -0.05) is 29.8 Å². The molecular weight excluding hydrogens is 340 g/mol. The maximum atomic E-state index is 10.8. The lowest BCUT2D eigenvalue weighted by molar-refractivity contribution is 0.0697. The number of carboxylic acids is 1. The number of benzene rings is 2. The molecule has 0 aliphatic rings. The molecule has 0 aliphatic carbocycles. The first kappa shape index (κ1) is 16.7. The number of hydrazone groups is 1. The molecule has 2 N–H and O–H groups in total. The number of aromatic carboxylic acids is 1. The number of carbonyl (C=O) groups is 1. The predicted molar refractivity (Wildman–Crippen MR) is 97.9 cm³/mol. The molecule has 1 aromatic heterocycles. The standard InChI is InChI=1S/C18H15ClN4O2/c1-12-16(17(19)23(22-12)15-5-3-2-4-6-15)11-20-21-14-9-7-13(8-10-14)18(24)25/h2-11,21H,1H3,(H,24,25)/b20-11+. The van der Waals surface area contributed by atoms with E-state index in [-0.39, 0.29) is 5.56 Å². The highest BCUT2D eigenvalue weighted by atomic mass is 35.5. The second kappa shape index (κ2) is 7.19. The van der Waals surface area contributed by atoms with Crippen molar-refractivity contribution in [1.82, 2.24) is 9.78 Å². The first-order valence-corrected chi connectivity index (χ1v) is 7.87. The molecule has 0 saturated heterocycles. The normalized spacial score (nSPS) is 11.0. The van der Waals surface area contributed by atoms with Gasteiger partial charge in [0, 0.05) is 0 Å². The van der Waals surface area contributed by atoms with Crippen LogP contribution in [0.2, 0.25) is 5.15 Å². The minimum Gasteiger partial charge on any atom is -0.478 e. The van der Waals surface area contributed by atoms with Gasteiger partial charge in [-0.05, 0) is 43.3 Å². The van der Waals surface area contributed by atoms with Gasteiger partial charge in [0.15, 0.2) is 0 Å². The summed E-state index contributed by atoms with van der Waals surface area (Å²) in [6.45, 7) is 1.86. The molecule has 0 atom stereocenters. The summed E-state index contributed by atoms with van der Waals surface area (Å²) < 4.78 is 1.65. The Hall–Kier alpha value is -3.12. The zero-order chi connectivity index (χ0) is 17.8. The van der Waals surface area contributed by atoms with Gasteiger partial charge in [0.1, 0.15) is 5.15 Å². The van der Waals surface area contributed by atoms with Crippen molar-refractivity contribution in [2.45, 2.75) is 6.92 Å². The van der Waals surface area contributed by atoms with Gasteiger partial charge in [-0.15, -0.1) is 0 Å². The number of hydrogen-bond donors (Lipinski definition) is 2. The molecule has 0 amide bonds. The molecule has 3 rings (SSSR count). The highest BCUT2D eigenvalue weighted by molar-refractivity contribution is 6.32. The van der Waals surface area contributed by atoms with Gasteiger partial charge in [-0.3, -0.25) is 5.43 Å². The quantitative estimate of drug-likeness (QED) is 0.536. The maximum Gasteiger partial charge on any atom is 0.335 e. The van der Waals surface area contributed by atoms with E-state index in [1.807, 2.05) is 37.3 Å². The van der Waals surface area contributed by atoms with Crippen molar-refractivity contribution in [2.24, 2.45) is 5.10 Å². The average Bonchev–Trinajstić information content (AvgIpc) is 2.91. The highest BCUT2D eigenvalue weighted by Crippen LogP contribution is 2.22. The number of anilines is 1. The summed E-state index contributed by atoms with van der Waals surface area (Å²) in [4.78, 5) is 10.8. The highest BCUT2D eigenvalue weighted by Gasteiger charge is 2.12. The van der Waals surface area contributed by atoms with E-state index in [1.54, 1.807) is 23.0 Å². The number of halogens is 1. The van der Waals surface area contributed by atoms with E-state index < -0.39 is 5.97 Å². The van der Waals surface area contributed by atoms with Crippen molar-refractivity contribution in [2.75, 3.05) is 5.43 Å². The molecular formula is C18H15ClN4O2. The average molecular weight is 355 g/mol. The summed E-state index contributed by atoms with van der Waals surface area (Å²) in [6.07, 6.45) is 1.59. The SMILES string of the molecule is Cc1nn(-c2ccccc2)c(Cl)c1/C=N/Nc1ccc(C(=O)O)cc1. The molecule has 7 heteroatoms. The van der Waals surface area contributed by atoms with E-state index in [2.05, 4.69) is 15.6 Å². The van der Waals surface area contributed by atoms with Gasteiger partial charge in [0.05, 0.1) is 34.4 Å². The molecule has 0 unspecified atom stereocenters. The fourth-order valence-corrected chi connectivity index (χ4v) is 2.58. The van der Waals surface area contributed by atoms with E-state index in [0.717, 1.165) is 11.4 Å². The van der Waals surface area contributed by atoms with Crippen molar-refractivity contribution in [3.8, 4) is 5.69 Å². The Morgan fingerprint density at radius 1 is 1.20 bits per heavy atom. The Kier molecular flexibility index (Phi) is 4.81. The zero-order valence-electron chi connectivity index (χ0n) is 13.3. The molecule has 1 heterocycles. The lowest BCUT2D eigenvalue weighted by Crippen LogP contribution is -1.97. The van der Waals surface area contributed by atoms with Gasteiger partial charge < -0.3 is 5.11 Å². The first-order valence-electron chi connectivity index (χ1n) is 7.49. The fourth-order valence-electron chi connectivity index (χ4n) is 2.26. The second-order valence-corrected chi connectivity index (χ2v) is 5.65. The number of nitrogens with one attached hydrogen (secondary N) is 1. The molecule has 0 aliphatic heterocycles. The minimum absolute atomic E-state index is 0.220. The Labute approximate surface area is 149 Å². The lowest BCUT2D eigenvalue weighted by Gasteiger charge is -2.02. The maximum absolute atomic E-state index is 10.8. The molecule has 0 bridgehead atoms. The summed E-state index contributed by atoms with van der Waals surface area (Å²) in [6, 6.07) is 15.9. The van der Waals surface area contributed by atoms with E-state index in [0.29, 0.717) is 16.4 Å². The van der Waals surface area contributed by atoms with Crippen LogP contribution in [0.4, 0.5) is 5.69 Å². The van der Waals surface area contributed by atoms with Crippen LogP contribution >= 0.6 is 11.6 Å². The molecule has 126 valence electrons. The molecule has 6 nitrogen and oxygen atoms in total. The van der Waals surface area contributed by atoms with Gasteiger partial charge in [0.2, 0.25) is 0 Å². The summed E-state index contributed by atoms with van der Waals surface area (Å²) in [5.41, 5.74) is 6.06. The summed E-state index contributed by atoms with van der Waals surface area (Å²) >= 11 is 6.42. The third kappa shape index (κ3) is 3.70. The number of rotatable bonds is 5. The van der Waals surface area contributed by atoms with E-state index in [1.165, 1.54) is 12.1 Å². The van der Waals surface area contributed by atoms with E-state index in [4.69, 9.17) is 16.7 Å². The third-order valence-corrected chi connectivity index (χ3v) is 3.93. The number of carboxylic acid groups (broad SMARTS) is 1. The van der Waals surface area contributed by atoms with Gasteiger partial charge in [-0.25, -0.2) is 9.48 Å². The van der Waals surface area contributed by atoms with Crippen molar-refractivity contribution in [3.63, 3.8) is 0 Å². The molecule has 0 spiro atoms. The Balaban J connectivity index is 1.78. The first-order chi connectivity index (χ1) is 12.1. The van der Waals surface area contributed by atoms with Gasteiger partial charge >= 0.3 is 5.97 Å². The summed E-state index contributed by atoms with van der Waals surface area (Å²) in [7, 11) is 0. The summed E-state index contributed by atoms with van der Waals surface area (Å²) in [5.74, 6) is -0.967. The molecule has 25 heavy (non-hydrogen) atoms. The minimum atomic E-state index is -0.967. The lowest BCUT2D eigenvalue weighted by atomic mass is 10.2. The number of para-hydroxylation sites is 1. The third-order valence-electron chi connectivity index (χ3n) is 3.57. The van der Waals surface area contributed by atoms with Crippen LogP contribution < -0.4 is 5.43 Å². The van der Waals surface area contributed by atoms with Crippen LogP contribution in [0.5, 0.6) is 0 Å². The van der Waals surface area contributed by atoms with Crippen molar-refractivity contribution in [1.29, 1.82) is 0 Å². The monoisotopic (exact) mass is 354 g/mol. The van der Waals surface area contributed by atoms with Crippen molar-refractivity contribution < 1.29 is 9.90 Å². The van der Waals surface area contributed by atoms with E-state index >= 15 is 0 Å². The van der Waals surface area contributed by atoms with Crippen LogP contribution in [0.3, 0.4) is 0 Å². The molecule has 3 aromatic rings. The number of hydrogen-bond acceptors (Lipinski definition) is 4. The van der Waals surface area contributed by atoms with E-state index in [9.17, 15) is 4.79 Å². The van der Waals surface area contributed by atoms with Crippen molar-refractivity contribution in [3.05, 3.63) is 76.6 Å². The largest absolute Gasteiger partial charge is 0.478 e. The molecule has 0 saturated carbocycles. The zero-order valence-corrected chi connectivity index (χ0v) is 14.1. The topological polar surface area (TPSA) is 79.5 Å². The van der Waals surface area contributed by atoms with Crippen LogP contribution in [0.25, 0.3) is 5.69 Å². The fraction of sp³-hybridized carbons (Fsp3) is 0.0556. The van der Waals surface area contributed by atoms with Crippen LogP contribution in [0, 0.1) is 6.92 Å². The Morgan fingerprint density at radius 2 is 1.88 bits per heavy atom. The Bertz CT molecular complexity index is 918. The smallest absolute Gasteiger partial charge is 0.335 e. The predicted octanol–water partition coefficient (Wildman–Crippen LogP) is 3.98. The Morgan fingerprint density at radius 3 is 2.52 bits per heavy atom. The number of aromatic nitrogens is 2.